The Morgan fingerprint density at radius 1 is 1.32 bits per heavy atom. The van der Waals surface area contributed by atoms with E-state index in [1.54, 1.807) is 13.8 Å². The van der Waals surface area contributed by atoms with E-state index in [4.69, 9.17) is 5.11 Å². The first-order valence-corrected chi connectivity index (χ1v) is 5.91. The molecule has 0 aromatic rings. The lowest BCUT2D eigenvalue weighted by atomic mass is 10.0. The Morgan fingerprint density at radius 3 is 2.16 bits per heavy atom. The summed E-state index contributed by atoms with van der Waals surface area (Å²) in [5, 5.41) is 11.0. The molecule has 0 fully saturated rings. The molecule has 2 amide bonds. The summed E-state index contributed by atoms with van der Waals surface area (Å²) in [5.41, 5.74) is 0. The van der Waals surface area contributed by atoms with Gasteiger partial charge in [-0.3, -0.25) is 0 Å². The van der Waals surface area contributed by atoms with E-state index in [1.807, 2.05) is 0 Å². The first-order chi connectivity index (χ1) is 8.56. The van der Waals surface area contributed by atoms with Crippen molar-refractivity contribution >= 4 is 12.0 Å². The first-order valence-electron chi connectivity index (χ1n) is 5.91. The molecule has 0 bridgehead atoms. The van der Waals surface area contributed by atoms with Crippen LogP contribution < -0.4 is 5.32 Å². The van der Waals surface area contributed by atoms with Crippen LogP contribution in [0, 0.1) is 5.92 Å². The number of nitrogens with zero attached hydrogens (tertiary/aromatic N) is 1. The number of nitrogens with one attached hydrogen (secondary N) is 1. The number of halogens is 3. The molecule has 0 aliphatic rings. The van der Waals surface area contributed by atoms with E-state index in [-0.39, 0.29) is 18.9 Å². The van der Waals surface area contributed by atoms with E-state index >= 15 is 0 Å². The van der Waals surface area contributed by atoms with Gasteiger partial charge in [-0.05, 0) is 19.3 Å². The van der Waals surface area contributed by atoms with Crippen molar-refractivity contribution in [1.29, 1.82) is 0 Å². The van der Waals surface area contributed by atoms with Gasteiger partial charge in [-0.1, -0.05) is 13.8 Å². The normalized spacial score (nSPS) is 13.2. The van der Waals surface area contributed by atoms with E-state index in [0.717, 1.165) is 0 Å². The minimum atomic E-state index is -4.51. The SMILES string of the molecule is CCN(CC(F)(F)F)C(=O)NC(CC(C)C)C(=O)O. The second-order valence-electron chi connectivity index (χ2n) is 4.60. The zero-order chi connectivity index (χ0) is 15.2. The lowest BCUT2D eigenvalue weighted by Gasteiger charge is -2.25. The van der Waals surface area contributed by atoms with Crippen molar-refractivity contribution in [1.82, 2.24) is 10.2 Å². The molecule has 2 N–H and O–H groups in total. The highest BCUT2D eigenvalue weighted by atomic mass is 19.4. The minimum absolute atomic E-state index is 0.000840. The number of hydrogen-bond acceptors (Lipinski definition) is 2. The van der Waals surface area contributed by atoms with Gasteiger partial charge in [-0.2, -0.15) is 13.2 Å². The van der Waals surface area contributed by atoms with Crippen LogP contribution in [0.15, 0.2) is 0 Å². The fraction of sp³-hybridized carbons (Fsp3) is 0.818. The van der Waals surface area contributed by atoms with E-state index in [2.05, 4.69) is 5.32 Å². The molecule has 112 valence electrons. The highest BCUT2D eigenvalue weighted by Crippen LogP contribution is 2.16. The lowest BCUT2D eigenvalue weighted by molar-refractivity contribution is -0.141. The number of hydrogen-bond donors (Lipinski definition) is 2. The van der Waals surface area contributed by atoms with Crippen molar-refractivity contribution in [3.05, 3.63) is 0 Å². The first kappa shape index (κ1) is 17.5. The van der Waals surface area contributed by atoms with Gasteiger partial charge in [-0.15, -0.1) is 0 Å². The molecule has 8 heteroatoms. The predicted octanol–water partition coefficient (Wildman–Crippen LogP) is 2.08. The Kier molecular flexibility index (Phi) is 6.64. The average molecular weight is 284 g/mol. The largest absolute Gasteiger partial charge is 0.480 e. The Morgan fingerprint density at radius 2 is 1.84 bits per heavy atom. The topological polar surface area (TPSA) is 69.6 Å². The van der Waals surface area contributed by atoms with Crippen LogP contribution in [-0.4, -0.2) is 47.3 Å². The van der Waals surface area contributed by atoms with E-state index in [0.29, 0.717) is 4.90 Å². The van der Waals surface area contributed by atoms with Crippen LogP contribution in [0.1, 0.15) is 27.2 Å². The van der Waals surface area contributed by atoms with Gasteiger partial charge >= 0.3 is 18.2 Å². The fourth-order valence-electron chi connectivity index (χ4n) is 1.48. The Bertz CT molecular complexity index is 319. The Hall–Kier alpha value is -1.47. The molecule has 19 heavy (non-hydrogen) atoms. The Labute approximate surface area is 109 Å². The number of carbonyl (C=O) groups is 2. The maximum atomic E-state index is 12.2. The van der Waals surface area contributed by atoms with Crippen LogP contribution in [0.3, 0.4) is 0 Å². The van der Waals surface area contributed by atoms with Gasteiger partial charge in [0.05, 0.1) is 0 Å². The fourth-order valence-corrected chi connectivity index (χ4v) is 1.48. The van der Waals surface area contributed by atoms with Crippen LogP contribution in [0.2, 0.25) is 0 Å². The standard InChI is InChI=1S/C11H19F3N2O3/c1-4-16(6-11(12,13)14)10(19)15-8(9(17)18)5-7(2)3/h7-8H,4-6H2,1-3H3,(H,15,19)(H,17,18). The smallest absolute Gasteiger partial charge is 0.406 e. The number of alkyl halides is 3. The van der Waals surface area contributed by atoms with E-state index < -0.39 is 30.8 Å². The molecule has 0 aliphatic carbocycles. The van der Waals surface area contributed by atoms with Crippen LogP contribution in [0.25, 0.3) is 0 Å². The zero-order valence-electron chi connectivity index (χ0n) is 11.1. The van der Waals surface area contributed by atoms with Crippen LogP contribution in [0.5, 0.6) is 0 Å². The molecule has 0 radical (unpaired) electrons. The maximum absolute atomic E-state index is 12.2. The third-order valence-corrected chi connectivity index (χ3v) is 2.34. The molecule has 0 aromatic carbocycles. The van der Waals surface area contributed by atoms with Crippen molar-refractivity contribution in [2.75, 3.05) is 13.1 Å². The van der Waals surface area contributed by atoms with Gasteiger partial charge in [0.2, 0.25) is 0 Å². The summed E-state index contributed by atoms with van der Waals surface area (Å²) in [6.45, 7) is 3.36. The molecule has 5 nitrogen and oxygen atoms in total. The summed E-state index contributed by atoms with van der Waals surface area (Å²) in [6, 6.07) is -2.21. The molecule has 1 atom stereocenters. The van der Waals surface area contributed by atoms with Crippen molar-refractivity contribution < 1.29 is 27.9 Å². The summed E-state index contributed by atoms with van der Waals surface area (Å²) >= 11 is 0. The third kappa shape index (κ3) is 7.53. The molecule has 0 spiro atoms. The lowest BCUT2D eigenvalue weighted by Crippen LogP contribution is -2.50. The van der Waals surface area contributed by atoms with Gasteiger partial charge in [0.1, 0.15) is 12.6 Å². The van der Waals surface area contributed by atoms with Crippen molar-refractivity contribution in [3.8, 4) is 0 Å². The molecule has 0 heterocycles. The summed E-state index contributed by atoms with van der Waals surface area (Å²) in [4.78, 5) is 23.0. The molecule has 0 aliphatic heterocycles. The third-order valence-electron chi connectivity index (χ3n) is 2.34. The maximum Gasteiger partial charge on any atom is 0.406 e. The number of carboxylic acids is 1. The summed E-state index contributed by atoms with van der Waals surface area (Å²) in [5.74, 6) is -1.26. The van der Waals surface area contributed by atoms with Crippen LogP contribution in [0.4, 0.5) is 18.0 Å². The summed E-state index contributed by atoms with van der Waals surface area (Å²) in [7, 11) is 0. The number of rotatable bonds is 6. The van der Waals surface area contributed by atoms with Gasteiger partial charge in [0.15, 0.2) is 0 Å². The molecule has 0 saturated carbocycles. The molecular formula is C11H19F3N2O3. The molecular weight excluding hydrogens is 265 g/mol. The highest BCUT2D eigenvalue weighted by Gasteiger charge is 2.33. The summed E-state index contributed by atoms with van der Waals surface area (Å²) < 4.78 is 36.7. The highest BCUT2D eigenvalue weighted by molar-refractivity contribution is 5.82. The molecule has 0 saturated heterocycles. The predicted molar refractivity (Wildman–Crippen MR) is 62.7 cm³/mol. The average Bonchev–Trinajstić information content (AvgIpc) is 2.22. The van der Waals surface area contributed by atoms with Crippen LogP contribution >= 0.6 is 0 Å². The zero-order valence-corrected chi connectivity index (χ0v) is 11.1. The minimum Gasteiger partial charge on any atom is -0.480 e. The Balaban J connectivity index is 4.64. The number of carbonyl (C=O) groups excluding carboxylic acids is 1. The summed E-state index contributed by atoms with van der Waals surface area (Å²) in [6.07, 6.45) is -4.35. The van der Waals surface area contributed by atoms with Crippen LogP contribution in [-0.2, 0) is 4.79 Å². The number of aliphatic carboxylic acids is 1. The number of urea groups is 1. The van der Waals surface area contributed by atoms with E-state index in [9.17, 15) is 22.8 Å². The van der Waals surface area contributed by atoms with Crippen molar-refractivity contribution in [2.24, 2.45) is 5.92 Å². The van der Waals surface area contributed by atoms with Gasteiger partial charge < -0.3 is 15.3 Å². The van der Waals surface area contributed by atoms with Crippen molar-refractivity contribution in [3.63, 3.8) is 0 Å². The number of amides is 2. The quantitative estimate of drug-likeness (QED) is 0.784. The van der Waals surface area contributed by atoms with E-state index in [1.165, 1.54) is 6.92 Å². The number of carboxylic acid groups (broad SMARTS) is 1. The molecule has 1 unspecified atom stereocenters. The van der Waals surface area contributed by atoms with Crippen molar-refractivity contribution in [2.45, 2.75) is 39.4 Å². The molecule has 0 aromatic heterocycles. The second-order valence-corrected chi connectivity index (χ2v) is 4.60. The second kappa shape index (κ2) is 7.20. The van der Waals surface area contributed by atoms with Gasteiger partial charge in [0.25, 0.3) is 0 Å². The monoisotopic (exact) mass is 284 g/mol. The molecule has 0 rings (SSSR count). The van der Waals surface area contributed by atoms with Gasteiger partial charge in [-0.25, -0.2) is 9.59 Å². The van der Waals surface area contributed by atoms with Gasteiger partial charge in [0, 0.05) is 6.54 Å².